The molecular weight excluding hydrogens is 324 g/mol. The van der Waals surface area contributed by atoms with Crippen LogP contribution in [0, 0.1) is 11.3 Å². The van der Waals surface area contributed by atoms with Gasteiger partial charge in [-0.25, -0.2) is 4.79 Å². The average molecular weight is 344 g/mol. The molecule has 2 N–H and O–H groups in total. The summed E-state index contributed by atoms with van der Waals surface area (Å²) >= 11 is 0. The molecule has 1 aliphatic rings. The first-order valence-electron chi connectivity index (χ1n) is 8.06. The van der Waals surface area contributed by atoms with Gasteiger partial charge in [0.1, 0.15) is 6.04 Å². The van der Waals surface area contributed by atoms with Crippen molar-refractivity contribution in [3.05, 3.63) is 29.8 Å². The number of esters is 1. The van der Waals surface area contributed by atoms with Crippen molar-refractivity contribution in [2.75, 3.05) is 24.6 Å². The third-order valence-corrected chi connectivity index (χ3v) is 3.74. The Bertz CT molecular complexity index is 681. The van der Waals surface area contributed by atoms with E-state index in [0.29, 0.717) is 30.8 Å². The first kappa shape index (κ1) is 18.3. The Labute approximate surface area is 145 Å². The van der Waals surface area contributed by atoms with Crippen molar-refractivity contribution in [1.82, 2.24) is 10.6 Å². The standard InChI is InChI=1S/C17H20N4O4/c1-2-25-15(22)7-9-19-17(24)20-14-8-10-21(16(14)23)13-5-3-12(11-18)4-6-13/h3-6,14H,2,7-10H2,1H3,(H2,19,20,24). The quantitative estimate of drug-likeness (QED) is 0.745. The number of benzene rings is 1. The highest BCUT2D eigenvalue weighted by molar-refractivity contribution is 6.01. The van der Waals surface area contributed by atoms with Crippen molar-refractivity contribution in [2.24, 2.45) is 0 Å². The van der Waals surface area contributed by atoms with Gasteiger partial charge < -0.3 is 20.3 Å². The normalized spacial score (nSPS) is 16.2. The third kappa shape index (κ3) is 4.94. The molecule has 0 bridgehead atoms. The van der Waals surface area contributed by atoms with Gasteiger partial charge in [-0.2, -0.15) is 5.26 Å². The van der Waals surface area contributed by atoms with Crippen LogP contribution in [0.1, 0.15) is 25.3 Å². The zero-order chi connectivity index (χ0) is 18.2. The van der Waals surface area contributed by atoms with Crippen LogP contribution in [0.25, 0.3) is 0 Å². The van der Waals surface area contributed by atoms with Crippen molar-refractivity contribution in [1.29, 1.82) is 5.26 Å². The van der Waals surface area contributed by atoms with Crippen LogP contribution in [0.2, 0.25) is 0 Å². The van der Waals surface area contributed by atoms with Gasteiger partial charge in [0, 0.05) is 18.8 Å². The number of urea groups is 1. The van der Waals surface area contributed by atoms with E-state index >= 15 is 0 Å². The molecule has 3 amide bonds. The van der Waals surface area contributed by atoms with Gasteiger partial charge in [-0.15, -0.1) is 0 Å². The lowest BCUT2D eigenvalue weighted by Crippen LogP contribution is -2.46. The molecular formula is C17H20N4O4. The predicted molar refractivity (Wildman–Crippen MR) is 89.7 cm³/mol. The third-order valence-electron chi connectivity index (χ3n) is 3.74. The minimum absolute atomic E-state index is 0.0806. The Morgan fingerprint density at radius 1 is 1.36 bits per heavy atom. The lowest BCUT2D eigenvalue weighted by Gasteiger charge is -2.17. The topological polar surface area (TPSA) is 112 Å². The largest absolute Gasteiger partial charge is 0.466 e. The monoisotopic (exact) mass is 344 g/mol. The van der Waals surface area contributed by atoms with Crippen molar-refractivity contribution < 1.29 is 19.1 Å². The van der Waals surface area contributed by atoms with Gasteiger partial charge in [-0.3, -0.25) is 9.59 Å². The number of hydrogen-bond acceptors (Lipinski definition) is 5. The van der Waals surface area contributed by atoms with Crippen LogP contribution < -0.4 is 15.5 Å². The molecule has 132 valence electrons. The molecule has 8 nitrogen and oxygen atoms in total. The molecule has 0 aromatic heterocycles. The van der Waals surface area contributed by atoms with E-state index in [4.69, 9.17) is 10.00 Å². The molecule has 1 saturated heterocycles. The predicted octanol–water partition coefficient (Wildman–Crippen LogP) is 0.916. The number of nitrogens with one attached hydrogen (secondary N) is 2. The van der Waals surface area contributed by atoms with E-state index in [1.807, 2.05) is 6.07 Å². The molecule has 0 aliphatic carbocycles. The Balaban J connectivity index is 1.82. The first-order valence-corrected chi connectivity index (χ1v) is 8.06. The number of rotatable bonds is 6. The fraction of sp³-hybridized carbons (Fsp3) is 0.412. The fourth-order valence-electron chi connectivity index (χ4n) is 2.51. The second kappa shape index (κ2) is 8.68. The van der Waals surface area contributed by atoms with Gasteiger partial charge in [0.25, 0.3) is 0 Å². The summed E-state index contributed by atoms with van der Waals surface area (Å²) in [5.74, 6) is -0.586. The highest BCUT2D eigenvalue weighted by Crippen LogP contribution is 2.21. The molecule has 1 atom stereocenters. The number of carbonyl (C=O) groups is 3. The Hall–Kier alpha value is -3.08. The smallest absolute Gasteiger partial charge is 0.315 e. The van der Waals surface area contributed by atoms with E-state index in [9.17, 15) is 14.4 Å². The SMILES string of the molecule is CCOC(=O)CCNC(=O)NC1CCN(c2ccc(C#N)cc2)C1=O. The van der Waals surface area contributed by atoms with Gasteiger partial charge in [0.2, 0.25) is 5.91 Å². The number of hydrogen-bond donors (Lipinski definition) is 2. The Morgan fingerprint density at radius 2 is 2.08 bits per heavy atom. The summed E-state index contributed by atoms with van der Waals surface area (Å²) in [6, 6.07) is 7.62. The zero-order valence-corrected chi connectivity index (χ0v) is 13.9. The molecule has 1 aromatic rings. The van der Waals surface area contributed by atoms with Crippen LogP contribution in [0.15, 0.2) is 24.3 Å². The summed E-state index contributed by atoms with van der Waals surface area (Å²) in [6.45, 7) is 2.64. The van der Waals surface area contributed by atoms with Gasteiger partial charge in [-0.1, -0.05) is 0 Å². The van der Waals surface area contributed by atoms with Crippen molar-refractivity contribution in [2.45, 2.75) is 25.8 Å². The summed E-state index contributed by atoms with van der Waals surface area (Å²) < 4.78 is 4.76. The molecule has 1 fully saturated rings. The number of nitrogens with zero attached hydrogens (tertiary/aromatic N) is 2. The Morgan fingerprint density at radius 3 is 2.72 bits per heavy atom. The maximum atomic E-state index is 12.4. The van der Waals surface area contributed by atoms with Crippen molar-refractivity contribution in [3.63, 3.8) is 0 Å². The summed E-state index contributed by atoms with van der Waals surface area (Å²) in [4.78, 5) is 37.0. The lowest BCUT2D eigenvalue weighted by atomic mass is 10.2. The van der Waals surface area contributed by atoms with E-state index in [2.05, 4.69) is 10.6 Å². The van der Waals surface area contributed by atoms with Crippen LogP contribution in [0.4, 0.5) is 10.5 Å². The molecule has 0 saturated carbocycles. The molecule has 1 unspecified atom stereocenters. The molecule has 1 heterocycles. The van der Waals surface area contributed by atoms with Crippen molar-refractivity contribution in [3.8, 4) is 6.07 Å². The summed E-state index contributed by atoms with van der Waals surface area (Å²) in [7, 11) is 0. The van der Waals surface area contributed by atoms with Crippen LogP contribution in [0.5, 0.6) is 0 Å². The number of nitriles is 1. The van der Waals surface area contributed by atoms with E-state index in [0.717, 1.165) is 0 Å². The van der Waals surface area contributed by atoms with E-state index < -0.39 is 12.1 Å². The average Bonchev–Trinajstić information content (AvgIpc) is 2.96. The maximum Gasteiger partial charge on any atom is 0.315 e. The first-order chi connectivity index (χ1) is 12.0. The van der Waals surface area contributed by atoms with Crippen LogP contribution >= 0.6 is 0 Å². The van der Waals surface area contributed by atoms with E-state index in [1.165, 1.54) is 0 Å². The fourth-order valence-corrected chi connectivity index (χ4v) is 2.51. The lowest BCUT2D eigenvalue weighted by molar-refractivity contribution is -0.142. The molecule has 2 rings (SSSR count). The molecule has 8 heteroatoms. The number of amides is 3. The maximum absolute atomic E-state index is 12.4. The van der Waals surface area contributed by atoms with Gasteiger partial charge >= 0.3 is 12.0 Å². The number of anilines is 1. The van der Waals surface area contributed by atoms with E-state index in [-0.39, 0.29) is 24.8 Å². The molecule has 1 aromatic carbocycles. The summed E-state index contributed by atoms with van der Waals surface area (Å²) in [6.07, 6.45) is 0.571. The molecule has 0 spiro atoms. The minimum Gasteiger partial charge on any atom is -0.466 e. The number of carbonyl (C=O) groups excluding carboxylic acids is 3. The van der Waals surface area contributed by atoms with Crippen molar-refractivity contribution >= 4 is 23.6 Å². The van der Waals surface area contributed by atoms with Gasteiger partial charge in [-0.05, 0) is 37.6 Å². The Kier molecular flexibility index (Phi) is 6.34. The highest BCUT2D eigenvalue weighted by atomic mass is 16.5. The second-order valence-corrected chi connectivity index (χ2v) is 5.45. The van der Waals surface area contributed by atoms with Crippen LogP contribution in [0.3, 0.4) is 0 Å². The van der Waals surface area contributed by atoms with E-state index in [1.54, 1.807) is 36.1 Å². The van der Waals surface area contributed by atoms with Crippen LogP contribution in [-0.4, -0.2) is 43.6 Å². The van der Waals surface area contributed by atoms with Gasteiger partial charge in [0.05, 0.1) is 24.7 Å². The highest BCUT2D eigenvalue weighted by Gasteiger charge is 2.33. The molecule has 0 radical (unpaired) electrons. The zero-order valence-electron chi connectivity index (χ0n) is 13.9. The number of ether oxygens (including phenoxy) is 1. The van der Waals surface area contributed by atoms with Gasteiger partial charge in [0.15, 0.2) is 0 Å². The summed E-state index contributed by atoms with van der Waals surface area (Å²) in [5.41, 5.74) is 1.21. The molecule has 1 aliphatic heterocycles. The van der Waals surface area contributed by atoms with Crippen LogP contribution in [-0.2, 0) is 14.3 Å². The minimum atomic E-state index is -0.613. The molecule has 25 heavy (non-hydrogen) atoms. The second-order valence-electron chi connectivity index (χ2n) is 5.45. The summed E-state index contributed by atoms with van der Waals surface area (Å²) in [5, 5.41) is 14.0.